The van der Waals surface area contributed by atoms with Crippen LogP contribution >= 0.6 is 11.8 Å². The summed E-state index contributed by atoms with van der Waals surface area (Å²) in [5.74, 6) is 1.21. The van der Waals surface area contributed by atoms with Crippen molar-refractivity contribution in [3.63, 3.8) is 0 Å². The molecule has 0 fully saturated rings. The summed E-state index contributed by atoms with van der Waals surface area (Å²) in [6.07, 6.45) is 7.36. The zero-order chi connectivity index (χ0) is 9.52. The molecule has 0 radical (unpaired) electrons. The number of hydrogen-bond donors (Lipinski definition) is 1. The lowest BCUT2D eigenvalue weighted by Crippen LogP contribution is -2.04. The second-order valence-electron chi connectivity index (χ2n) is 2.99. The summed E-state index contributed by atoms with van der Waals surface area (Å²) in [4.78, 5) is 0. The van der Waals surface area contributed by atoms with Crippen LogP contribution in [0.25, 0.3) is 0 Å². The molecule has 0 aliphatic carbocycles. The average Bonchev–Trinajstić information content (AvgIpc) is 2.54. The van der Waals surface area contributed by atoms with Crippen molar-refractivity contribution >= 4 is 11.8 Å². The molecule has 1 N–H and O–H groups in total. The van der Waals surface area contributed by atoms with Gasteiger partial charge in [0, 0.05) is 24.8 Å². The van der Waals surface area contributed by atoms with Crippen molar-refractivity contribution in [3.05, 3.63) is 18.0 Å². The Morgan fingerprint density at radius 3 is 3.15 bits per heavy atom. The van der Waals surface area contributed by atoms with Gasteiger partial charge in [-0.05, 0) is 25.5 Å². The van der Waals surface area contributed by atoms with E-state index in [9.17, 15) is 0 Å². The van der Waals surface area contributed by atoms with Crippen molar-refractivity contribution in [1.29, 1.82) is 0 Å². The lowest BCUT2D eigenvalue weighted by atomic mass is 10.4. The number of thioether (sulfide) groups is 1. The number of nitrogens with one attached hydrogen (secondary N) is 1. The summed E-state index contributed by atoms with van der Waals surface area (Å²) in [5.41, 5.74) is 1.26. The molecule has 4 heteroatoms. The molecule has 0 saturated heterocycles. The molecule has 1 aromatic heterocycles. The molecule has 13 heavy (non-hydrogen) atoms. The maximum absolute atomic E-state index is 4.27. The quantitative estimate of drug-likeness (QED) is 0.702. The third-order valence-corrected chi connectivity index (χ3v) is 2.50. The molecule has 1 aromatic rings. The third-order valence-electron chi connectivity index (χ3n) is 1.80. The Hall–Kier alpha value is -0.480. The molecule has 0 aliphatic rings. The number of aromatic nitrogens is 2. The van der Waals surface area contributed by atoms with E-state index in [1.807, 2.05) is 29.7 Å². The molecular formula is C9H17N3S. The van der Waals surface area contributed by atoms with Crippen LogP contribution in [0.15, 0.2) is 12.4 Å². The van der Waals surface area contributed by atoms with Gasteiger partial charge in [-0.1, -0.05) is 0 Å². The highest BCUT2D eigenvalue weighted by Gasteiger charge is 1.96. The summed E-state index contributed by atoms with van der Waals surface area (Å²) < 4.78 is 2.02. The molecule has 0 aliphatic heterocycles. The molecule has 0 bridgehead atoms. The molecule has 3 nitrogen and oxygen atoms in total. The highest BCUT2D eigenvalue weighted by Crippen LogP contribution is 2.01. The minimum atomic E-state index is 0.905. The fourth-order valence-electron chi connectivity index (χ4n) is 1.19. The van der Waals surface area contributed by atoms with Gasteiger partial charge in [-0.25, -0.2) is 0 Å². The van der Waals surface area contributed by atoms with Crippen LogP contribution in [0.2, 0.25) is 0 Å². The topological polar surface area (TPSA) is 29.9 Å². The van der Waals surface area contributed by atoms with Crippen LogP contribution < -0.4 is 5.32 Å². The molecular weight excluding hydrogens is 182 g/mol. The first-order chi connectivity index (χ1) is 6.36. The van der Waals surface area contributed by atoms with E-state index in [2.05, 4.69) is 22.9 Å². The van der Waals surface area contributed by atoms with Crippen LogP contribution in [0, 0.1) is 0 Å². The van der Waals surface area contributed by atoms with E-state index in [0.29, 0.717) is 0 Å². The molecule has 1 heterocycles. The van der Waals surface area contributed by atoms with E-state index >= 15 is 0 Å². The molecule has 1 rings (SSSR count). The van der Waals surface area contributed by atoms with Gasteiger partial charge in [0.25, 0.3) is 0 Å². The smallest absolute Gasteiger partial charge is 0.0534 e. The molecule has 0 saturated carbocycles. The fourth-order valence-corrected chi connectivity index (χ4v) is 1.61. The standard InChI is InChI=1S/C9H17N3S/c1-10-6-9-7-11-12(8-9)4-3-5-13-2/h7-8,10H,3-6H2,1-2H3. The normalized spacial score (nSPS) is 10.6. The van der Waals surface area contributed by atoms with Crippen molar-refractivity contribution in [2.75, 3.05) is 19.1 Å². The van der Waals surface area contributed by atoms with E-state index in [1.165, 1.54) is 17.7 Å². The highest BCUT2D eigenvalue weighted by atomic mass is 32.2. The van der Waals surface area contributed by atoms with Gasteiger partial charge in [0.2, 0.25) is 0 Å². The monoisotopic (exact) mass is 199 g/mol. The van der Waals surface area contributed by atoms with E-state index in [-0.39, 0.29) is 0 Å². The summed E-state index contributed by atoms with van der Waals surface area (Å²) >= 11 is 1.88. The summed E-state index contributed by atoms with van der Waals surface area (Å²) in [7, 11) is 1.95. The second-order valence-corrected chi connectivity index (χ2v) is 3.97. The van der Waals surface area contributed by atoms with Gasteiger partial charge < -0.3 is 5.32 Å². The van der Waals surface area contributed by atoms with Gasteiger partial charge >= 0.3 is 0 Å². The zero-order valence-electron chi connectivity index (χ0n) is 8.29. The third kappa shape index (κ3) is 3.83. The minimum Gasteiger partial charge on any atom is -0.316 e. The maximum Gasteiger partial charge on any atom is 0.0534 e. The van der Waals surface area contributed by atoms with Gasteiger partial charge in [0.15, 0.2) is 0 Å². The van der Waals surface area contributed by atoms with Crippen molar-refractivity contribution in [2.45, 2.75) is 19.5 Å². The van der Waals surface area contributed by atoms with Gasteiger partial charge in [-0.15, -0.1) is 0 Å². The lowest BCUT2D eigenvalue weighted by molar-refractivity contribution is 0.605. The Labute approximate surface area is 83.9 Å². The highest BCUT2D eigenvalue weighted by molar-refractivity contribution is 7.98. The number of rotatable bonds is 6. The first-order valence-electron chi connectivity index (χ1n) is 4.51. The second kappa shape index (κ2) is 6.05. The number of aryl methyl sites for hydroxylation is 1. The maximum atomic E-state index is 4.27. The SMILES string of the molecule is CNCc1cnn(CCCSC)c1. The van der Waals surface area contributed by atoms with Gasteiger partial charge in [0.05, 0.1) is 6.20 Å². The van der Waals surface area contributed by atoms with E-state index in [1.54, 1.807) is 0 Å². The fraction of sp³-hybridized carbons (Fsp3) is 0.667. The minimum absolute atomic E-state index is 0.905. The Morgan fingerprint density at radius 2 is 2.46 bits per heavy atom. The van der Waals surface area contributed by atoms with Crippen molar-refractivity contribution in [3.8, 4) is 0 Å². The van der Waals surface area contributed by atoms with Crippen molar-refractivity contribution in [1.82, 2.24) is 15.1 Å². The Kier molecular flexibility index (Phi) is 4.93. The lowest BCUT2D eigenvalue weighted by Gasteiger charge is -1.98. The van der Waals surface area contributed by atoms with Crippen molar-refractivity contribution in [2.24, 2.45) is 0 Å². The molecule has 0 amide bonds. The molecule has 74 valence electrons. The molecule has 0 unspecified atom stereocenters. The first kappa shape index (κ1) is 10.6. The van der Waals surface area contributed by atoms with Crippen LogP contribution in [0.3, 0.4) is 0 Å². The van der Waals surface area contributed by atoms with Crippen LogP contribution in [-0.2, 0) is 13.1 Å². The van der Waals surface area contributed by atoms with E-state index < -0.39 is 0 Å². The summed E-state index contributed by atoms with van der Waals surface area (Å²) in [6, 6.07) is 0. The Morgan fingerprint density at radius 1 is 1.62 bits per heavy atom. The van der Waals surface area contributed by atoms with Crippen LogP contribution in [0.5, 0.6) is 0 Å². The summed E-state index contributed by atoms with van der Waals surface area (Å²) in [6.45, 7) is 1.94. The van der Waals surface area contributed by atoms with Gasteiger partial charge in [-0.2, -0.15) is 16.9 Å². The van der Waals surface area contributed by atoms with E-state index in [4.69, 9.17) is 0 Å². The van der Waals surface area contributed by atoms with Crippen molar-refractivity contribution < 1.29 is 0 Å². The Bertz CT molecular complexity index is 235. The summed E-state index contributed by atoms with van der Waals surface area (Å²) in [5, 5.41) is 7.38. The van der Waals surface area contributed by atoms with Crippen LogP contribution in [0.1, 0.15) is 12.0 Å². The predicted octanol–water partition coefficient (Wildman–Crippen LogP) is 1.36. The Balaban J connectivity index is 2.31. The first-order valence-corrected chi connectivity index (χ1v) is 5.91. The van der Waals surface area contributed by atoms with Crippen LogP contribution in [0.4, 0.5) is 0 Å². The van der Waals surface area contributed by atoms with Crippen LogP contribution in [-0.4, -0.2) is 28.8 Å². The largest absolute Gasteiger partial charge is 0.316 e. The van der Waals surface area contributed by atoms with Gasteiger partial charge in [0.1, 0.15) is 0 Å². The van der Waals surface area contributed by atoms with Gasteiger partial charge in [-0.3, -0.25) is 4.68 Å². The van der Waals surface area contributed by atoms with E-state index in [0.717, 1.165) is 13.1 Å². The average molecular weight is 199 g/mol. The number of nitrogens with zero attached hydrogens (tertiary/aromatic N) is 2. The predicted molar refractivity (Wildman–Crippen MR) is 58.0 cm³/mol. The number of hydrogen-bond acceptors (Lipinski definition) is 3. The molecule has 0 aromatic carbocycles. The zero-order valence-corrected chi connectivity index (χ0v) is 9.10. The molecule has 0 spiro atoms. The molecule has 0 atom stereocenters.